The molecule has 0 spiro atoms. The Labute approximate surface area is 158 Å². The second kappa shape index (κ2) is 6.84. The molecule has 0 bridgehead atoms. The Balaban J connectivity index is 1.65. The second-order valence-corrected chi connectivity index (χ2v) is 6.73. The predicted molar refractivity (Wildman–Crippen MR) is 99.6 cm³/mol. The van der Waals surface area contributed by atoms with Crippen LogP contribution in [-0.4, -0.2) is 39.8 Å². The minimum absolute atomic E-state index is 0.211. The molecular weight excluding hydrogens is 368 g/mol. The molecule has 0 aliphatic heterocycles. The Morgan fingerprint density at radius 3 is 2.63 bits per heavy atom. The number of hydrogen-bond acceptors (Lipinski definition) is 8. The van der Waals surface area contributed by atoms with Gasteiger partial charge in [0, 0.05) is 0 Å². The van der Waals surface area contributed by atoms with E-state index < -0.39 is 0 Å². The summed E-state index contributed by atoms with van der Waals surface area (Å²) >= 11 is 1.28. The third kappa shape index (κ3) is 3.06. The van der Waals surface area contributed by atoms with Gasteiger partial charge in [0.15, 0.2) is 11.5 Å². The quantitative estimate of drug-likeness (QED) is 0.489. The molecule has 4 rings (SSSR count). The van der Waals surface area contributed by atoms with E-state index in [2.05, 4.69) is 15.1 Å². The minimum Gasteiger partial charge on any atom is -0.497 e. The molecule has 0 atom stereocenters. The van der Waals surface area contributed by atoms with Crippen LogP contribution in [0.1, 0.15) is 21.1 Å². The molecule has 9 heteroatoms. The Hall–Kier alpha value is -3.20. The topological polar surface area (TPSA) is 87.8 Å². The van der Waals surface area contributed by atoms with Crippen molar-refractivity contribution < 1.29 is 19.0 Å². The van der Waals surface area contributed by atoms with Gasteiger partial charge in [0.2, 0.25) is 0 Å². The van der Waals surface area contributed by atoms with Crippen LogP contribution >= 0.6 is 11.3 Å². The lowest BCUT2D eigenvalue weighted by atomic mass is 10.2. The lowest BCUT2D eigenvalue weighted by Gasteiger charge is -2.04. The Morgan fingerprint density at radius 1 is 1.19 bits per heavy atom. The van der Waals surface area contributed by atoms with Gasteiger partial charge in [-0.3, -0.25) is 0 Å². The number of aromatic nitrogens is 4. The number of nitrogens with zero attached hydrogens (tertiary/aromatic N) is 4. The van der Waals surface area contributed by atoms with E-state index in [-0.39, 0.29) is 12.6 Å². The molecule has 3 heterocycles. The van der Waals surface area contributed by atoms with E-state index in [1.807, 2.05) is 31.2 Å². The number of aryl methyl sites for hydroxylation is 1. The molecule has 0 unspecified atom stereocenters. The smallest absolute Gasteiger partial charge is 0.348 e. The van der Waals surface area contributed by atoms with E-state index in [0.717, 1.165) is 21.5 Å². The van der Waals surface area contributed by atoms with Crippen molar-refractivity contribution in [2.45, 2.75) is 13.5 Å². The summed E-state index contributed by atoms with van der Waals surface area (Å²) in [7, 11) is 2.98. The summed E-state index contributed by atoms with van der Waals surface area (Å²) in [4.78, 5) is 22.1. The highest BCUT2D eigenvalue weighted by Crippen LogP contribution is 2.32. The number of thiophene rings is 1. The summed E-state index contributed by atoms with van der Waals surface area (Å²) in [5.41, 5.74) is 1.42. The molecule has 0 aliphatic carbocycles. The summed E-state index contributed by atoms with van der Waals surface area (Å²) in [6.07, 6.45) is 1.58. The van der Waals surface area contributed by atoms with Crippen molar-refractivity contribution in [2.24, 2.45) is 0 Å². The van der Waals surface area contributed by atoms with E-state index in [9.17, 15) is 4.79 Å². The first-order chi connectivity index (χ1) is 13.1. The number of rotatable bonds is 5. The van der Waals surface area contributed by atoms with Crippen LogP contribution in [0.15, 0.2) is 30.6 Å². The normalized spacial score (nSPS) is 11.1. The maximum atomic E-state index is 11.9. The van der Waals surface area contributed by atoms with E-state index in [0.29, 0.717) is 22.1 Å². The van der Waals surface area contributed by atoms with E-state index >= 15 is 0 Å². The van der Waals surface area contributed by atoms with Gasteiger partial charge in [-0.2, -0.15) is 0 Å². The van der Waals surface area contributed by atoms with Gasteiger partial charge in [-0.25, -0.2) is 19.3 Å². The van der Waals surface area contributed by atoms with Crippen molar-refractivity contribution in [3.63, 3.8) is 0 Å². The number of carbonyl (C=O) groups is 1. The number of carbonyl (C=O) groups excluding carboxylic acids is 1. The predicted octanol–water partition coefficient (Wildman–Crippen LogP) is 3.02. The van der Waals surface area contributed by atoms with Crippen LogP contribution in [0.2, 0.25) is 0 Å². The molecule has 0 saturated heterocycles. The van der Waals surface area contributed by atoms with Crippen molar-refractivity contribution in [3.05, 3.63) is 46.9 Å². The van der Waals surface area contributed by atoms with Crippen LogP contribution in [0, 0.1) is 6.92 Å². The second-order valence-electron chi connectivity index (χ2n) is 5.73. The number of methoxy groups -OCH3 is 2. The molecular formula is C18H16N4O4S. The molecule has 0 aliphatic rings. The highest BCUT2D eigenvalue weighted by atomic mass is 32.1. The number of hydrogen-bond donors (Lipinski definition) is 0. The molecule has 1 aromatic carbocycles. The Morgan fingerprint density at radius 2 is 1.93 bits per heavy atom. The largest absolute Gasteiger partial charge is 0.497 e. The fraction of sp³-hybridized carbons (Fsp3) is 0.222. The van der Waals surface area contributed by atoms with Crippen LogP contribution in [0.25, 0.3) is 15.9 Å². The first-order valence-corrected chi connectivity index (χ1v) is 8.91. The van der Waals surface area contributed by atoms with Crippen LogP contribution in [-0.2, 0) is 11.3 Å². The summed E-state index contributed by atoms with van der Waals surface area (Å²) in [6, 6.07) is 7.28. The lowest BCUT2D eigenvalue weighted by molar-refractivity contribution is 0.0605. The zero-order chi connectivity index (χ0) is 19.0. The van der Waals surface area contributed by atoms with Gasteiger partial charge in [-0.1, -0.05) is 0 Å². The van der Waals surface area contributed by atoms with Gasteiger partial charge < -0.3 is 14.2 Å². The van der Waals surface area contributed by atoms with Gasteiger partial charge in [0.25, 0.3) is 0 Å². The van der Waals surface area contributed by atoms with Crippen LogP contribution in [0.4, 0.5) is 0 Å². The first-order valence-electron chi connectivity index (χ1n) is 8.09. The maximum Gasteiger partial charge on any atom is 0.348 e. The Bertz CT molecular complexity index is 1130. The van der Waals surface area contributed by atoms with Crippen molar-refractivity contribution in [3.8, 4) is 11.5 Å². The average molecular weight is 384 g/mol. The fourth-order valence-corrected chi connectivity index (χ4v) is 3.81. The highest BCUT2D eigenvalue weighted by Gasteiger charge is 2.20. The number of benzene rings is 1. The fourth-order valence-electron chi connectivity index (χ4n) is 2.75. The SMILES string of the molecule is COC(=O)c1sc2ncn3nc(COc4ccc(OC)cc4)nc3c2c1C. The van der Waals surface area contributed by atoms with E-state index in [4.69, 9.17) is 14.2 Å². The lowest BCUT2D eigenvalue weighted by Crippen LogP contribution is -1.99. The minimum atomic E-state index is -0.378. The third-order valence-electron chi connectivity index (χ3n) is 4.11. The monoisotopic (exact) mass is 384 g/mol. The molecule has 27 heavy (non-hydrogen) atoms. The number of fused-ring (bicyclic) bond motifs is 3. The number of ether oxygens (including phenoxy) is 3. The van der Waals surface area contributed by atoms with E-state index in [1.54, 1.807) is 18.0 Å². The van der Waals surface area contributed by atoms with Crippen LogP contribution < -0.4 is 9.47 Å². The Kier molecular flexibility index (Phi) is 4.36. The molecule has 0 fully saturated rings. The summed E-state index contributed by atoms with van der Waals surface area (Å²) in [5, 5.41) is 5.21. The maximum absolute atomic E-state index is 11.9. The van der Waals surface area contributed by atoms with Gasteiger partial charge in [-0.05, 0) is 36.8 Å². The zero-order valence-corrected chi connectivity index (χ0v) is 15.7. The molecule has 8 nitrogen and oxygen atoms in total. The average Bonchev–Trinajstić information content (AvgIpc) is 3.26. The summed E-state index contributed by atoms with van der Waals surface area (Å²) in [5.74, 6) is 1.59. The van der Waals surface area contributed by atoms with Crippen molar-refractivity contribution >= 4 is 33.2 Å². The molecule has 0 amide bonds. The third-order valence-corrected chi connectivity index (χ3v) is 5.29. The summed E-state index contributed by atoms with van der Waals surface area (Å²) < 4.78 is 17.3. The molecule has 4 aromatic rings. The molecule has 0 N–H and O–H groups in total. The van der Waals surface area contributed by atoms with Gasteiger partial charge in [0.05, 0.1) is 19.6 Å². The van der Waals surface area contributed by atoms with Crippen LogP contribution in [0.3, 0.4) is 0 Å². The van der Waals surface area contributed by atoms with Gasteiger partial charge >= 0.3 is 5.97 Å². The van der Waals surface area contributed by atoms with Gasteiger partial charge in [0.1, 0.15) is 34.1 Å². The van der Waals surface area contributed by atoms with Gasteiger partial charge in [-0.15, -0.1) is 16.4 Å². The van der Waals surface area contributed by atoms with Crippen molar-refractivity contribution in [1.82, 2.24) is 19.6 Å². The molecule has 0 radical (unpaired) electrons. The van der Waals surface area contributed by atoms with E-state index in [1.165, 1.54) is 18.4 Å². The zero-order valence-electron chi connectivity index (χ0n) is 14.9. The molecule has 3 aromatic heterocycles. The van der Waals surface area contributed by atoms with Crippen LogP contribution in [0.5, 0.6) is 11.5 Å². The summed E-state index contributed by atoms with van der Waals surface area (Å²) in [6.45, 7) is 2.07. The van der Waals surface area contributed by atoms with Crippen molar-refractivity contribution in [1.29, 1.82) is 0 Å². The molecule has 0 saturated carbocycles. The highest BCUT2D eigenvalue weighted by molar-refractivity contribution is 7.20. The molecule has 138 valence electrons. The number of esters is 1. The first kappa shape index (κ1) is 17.2. The van der Waals surface area contributed by atoms with Crippen molar-refractivity contribution in [2.75, 3.05) is 14.2 Å². The standard InChI is InChI=1S/C18H16N4O4S/c1-10-14-16-20-13(8-26-12-6-4-11(24-2)5-7-12)21-22(16)9-19-17(14)27-15(10)18(23)25-3/h4-7,9H,8H2,1-3H3.